The molecule has 2 aliphatic heterocycles. The van der Waals surface area contributed by atoms with Crippen LogP contribution in [0.4, 0.5) is 5.82 Å². The Balaban J connectivity index is 1.47. The molecule has 0 radical (unpaired) electrons. The topological polar surface area (TPSA) is 71.3 Å². The molecule has 7 nitrogen and oxygen atoms in total. The van der Waals surface area contributed by atoms with E-state index in [4.69, 9.17) is 9.84 Å². The van der Waals surface area contributed by atoms with Crippen molar-refractivity contribution in [2.45, 2.75) is 31.9 Å². The fourth-order valence-corrected chi connectivity index (χ4v) is 4.39. The molecular formula is C20H20N6O. The second-order valence-electron chi connectivity index (χ2n) is 7.39. The average molecular weight is 360 g/mol. The lowest BCUT2D eigenvalue weighted by Gasteiger charge is -2.27. The summed E-state index contributed by atoms with van der Waals surface area (Å²) in [6.45, 7) is 3.85. The molecule has 0 aliphatic carbocycles. The van der Waals surface area contributed by atoms with Crippen molar-refractivity contribution < 1.29 is 4.74 Å². The number of hydrogen-bond donors (Lipinski definition) is 1. The van der Waals surface area contributed by atoms with E-state index in [0.717, 1.165) is 65.3 Å². The van der Waals surface area contributed by atoms with Gasteiger partial charge < -0.3 is 9.64 Å². The second kappa shape index (κ2) is 5.53. The lowest BCUT2D eigenvalue weighted by Crippen LogP contribution is -2.37. The molecule has 2 aliphatic rings. The quantitative estimate of drug-likeness (QED) is 0.608. The SMILES string of the molecule is CCc1n[nH]c2ccc(-c3cnc4ccc(N5C[C@H]6C[C@@H]5CO6)nn34)cc12. The molecule has 6 rings (SSSR count). The molecule has 2 atom stereocenters. The first-order valence-electron chi connectivity index (χ1n) is 9.50. The Hall–Kier alpha value is -2.93. The number of nitrogens with one attached hydrogen (secondary N) is 1. The third-order valence-electron chi connectivity index (χ3n) is 5.82. The summed E-state index contributed by atoms with van der Waals surface area (Å²) >= 11 is 0. The molecule has 1 N–H and O–H groups in total. The van der Waals surface area contributed by atoms with Crippen LogP contribution in [0, 0.1) is 0 Å². The van der Waals surface area contributed by atoms with Crippen LogP contribution in [-0.2, 0) is 11.2 Å². The number of H-pyrrole nitrogens is 1. The number of morpholine rings is 1. The molecule has 5 heterocycles. The zero-order chi connectivity index (χ0) is 18.0. The molecule has 3 aromatic heterocycles. The average Bonchev–Trinajstić information content (AvgIpc) is 3.48. The van der Waals surface area contributed by atoms with E-state index in [1.54, 1.807) is 0 Å². The first-order chi connectivity index (χ1) is 13.3. The maximum absolute atomic E-state index is 5.73. The second-order valence-corrected chi connectivity index (χ2v) is 7.39. The van der Waals surface area contributed by atoms with Crippen LogP contribution in [0.1, 0.15) is 19.0 Å². The molecular weight excluding hydrogens is 340 g/mol. The molecule has 0 saturated carbocycles. The highest BCUT2D eigenvalue weighted by atomic mass is 16.5. The van der Waals surface area contributed by atoms with Crippen LogP contribution < -0.4 is 4.90 Å². The number of ether oxygens (including phenoxy) is 1. The van der Waals surface area contributed by atoms with E-state index in [1.807, 2.05) is 16.8 Å². The highest BCUT2D eigenvalue weighted by molar-refractivity contribution is 5.86. The third-order valence-corrected chi connectivity index (χ3v) is 5.82. The molecule has 0 amide bonds. The van der Waals surface area contributed by atoms with Gasteiger partial charge in [0.15, 0.2) is 5.65 Å². The highest BCUT2D eigenvalue weighted by Gasteiger charge is 2.39. The summed E-state index contributed by atoms with van der Waals surface area (Å²) in [4.78, 5) is 6.92. The van der Waals surface area contributed by atoms with Crippen molar-refractivity contribution in [1.82, 2.24) is 24.8 Å². The van der Waals surface area contributed by atoms with Crippen molar-refractivity contribution >= 4 is 22.4 Å². The van der Waals surface area contributed by atoms with E-state index in [1.165, 1.54) is 0 Å². The molecule has 1 aromatic carbocycles. The first-order valence-corrected chi connectivity index (χ1v) is 9.50. The van der Waals surface area contributed by atoms with Crippen molar-refractivity contribution in [1.29, 1.82) is 0 Å². The molecule has 0 spiro atoms. The number of aromatic nitrogens is 5. The van der Waals surface area contributed by atoms with E-state index in [2.05, 4.69) is 51.3 Å². The Labute approximate surface area is 156 Å². The Kier molecular flexibility index (Phi) is 3.11. The molecule has 2 saturated heterocycles. The van der Waals surface area contributed by atoms with E-state index in [-0.39, 0.29) is 0 Å². The summed E-state index contributed by atoms with van der Waals surface area (Å²) in [5.41, 5.74) is 5.10. The summed E-state index contributed by atoms with van der Waals surface area (Å²) in [5.74, 6) is 0.996. The van der Waals surface area contributed by atoms with Crippen LogP contribution in [0.5, 0.6) is 0 Å². The van der Waals surface area contributed by atoms with Gasteiger partial charge in [-0.05, 0) is 37.1 Å². The van der Waals surface area contributed by atoms with Gasteiger partial charge in [-0.2, -0.15) is 5.10 Å². The van der Waals surface area contributed by atoms with Gasteiger partial charge in [-0.15, -0.1) is 5.10 Å². The first kappa shape index (κ1) is 15.2. The fourth-order valence-electron chi connectivity index (χ4n) is 4.39. The van der Waals surface area contributed by atoms with Gasteiger partial charge in [-0.25, -0.2) is 9.50 Å². The molecule has 2 bridgehead atoms. The normalized spacial score (nSPS) is 21.7. The molecule has 7 heteroatoms. The molecule has 4 aromatic rings. The number of anilines is 1. The molecule has 27 heavy (non-hydrogen) atoms. The van der Waals surface area contributed by atoms with Crippen molar-refractivity contribution in [2.24, 2.45) is 0 Å². The number of aryl methyl sites for hydroxylation is 1. The van der Waals surface area contributed by atoms with Crippen molar-refractivity contribution in [3.63, 3.8) is 0 Å². The van der Waals surface area contributed by atoms with Gasteiger partial charge in [0.2, 0.25) is 0 Å². The Morgan fingerprint density at radius 1 is 1.26 bits per heavy atom. The van der Waals surface area contributed by atoms with Crippen LogP contribution in [0.3, 0.4) is 0 Å². The maximum Gasteiger partial charge on any atom is 0.154 e. The number of nitrogens with zero attached hydrogens (tertiary/aromatic N) is 5. The molecule has 0 unspecified atom stereocenters. The minimum atomic E-state index is 0.353. The summed E-state index contributed by atoms with van der Waals surface area (Å²) < 4.78 is 7.68. The van der Waals surface area contributed by atoms with Crippen LogP contribution in [-0.4, -0.2) is 50.1 Å². The van der Waals surface area contributed by atoms with Crippen molar-refractivity contribution in [2.75, 3.05) is 18.1 Å². The maximum atomic E-state index is 5.73. The third kappa shape index (κ3) is 2.21. The number of aromatic amines is 1. The van der Waals surface area contributed by atoms with Gasteiger partial charge in [0.05, 0.1) is 41.9 Å². The Morgan fingerprint density at radius 2 is 2.22 bits per heavy atom. The number of imidazole rings is 1. The predicted octanol–water partition coefficient (Wildman–Crippen LogP) is 2.81. The van der Waals surface area contributed by atoms with Crippen LogP contribution >= 0.6 is 0 Å². The van der Waals surface area contributed by atoms with Crippen LogP contribution in [0.15, 0.2) is 36.5 Å². The van der Waals surface area contributed by atoms with Crippen molar-refractivity contribution in [3.05, 3.63) is 42.2 Å². The van der Waals surface area contributed by atoms with E-state index in [9.17, 15) is 0 Å². The largest absolute Gasteiger partial charge is 0.374 e. The molecule has 2 fully saturated rings. The number of hydrogen-bond acceptors (Lipinski definition) is 5. The zero-order valence-corrected chi connectivity index (χ0v) is 15.1. The Bertz CT molecular complexity index is 1160. The summed E-state index contributed by atoms with van der Waals surface area (Å²) in [6, 6.07) is 10.9. The van der Waals surface area contributed by atoms with Gasteiger partial charge in [0, 0.05) is 17.5 Å². The molecule has 136 valence electrons. The minimum Gasteiger partial charge on any atom is -0.374 e. The van der Waals surface area contributed by atoms with E-state index >= 15 is 0 Å². The minimum absolute atomic E-state index is 0.353. The van der Waals surface area contributed by atoms with Gasteiger partial charge in [-0.1, -0.05) is 13.0 Å². The van der Waals surface area contributed by atoms with Crippen LogP contribution in [0.25, 0.3) is 27.8 Å². The van der Waals surface area contributed by atoms with Gasteiger partial charge in [0.25, 0.3) is 0 Å². The standard InChI is InChI=1S/C20H20N6O/c1-2-16-15-7-12(3-4-17(15)23-22-16)18-9-21-19-5-6-20(24-26(18)19)25-10-14-8-13(25)11-27-14/h3-7,9,13-14H,2,8,10-11H2,1H3,(H,22,23)/t13-,14-/m1/s1. The van der Waals surface area contributed by atoms with Crippen LogP contribution in [0.2, 0.25) is 0 Å². The number of fused-ring (bicyclic) bond motifs is 4. The van der Waals surface area contributed by atoms with E-state index in [0.29, 0.717) is 12.1 Å². The monoisotopic (exact) mass is 360 g/mol. The predicted molar refractivity (Wildman–Crippen MR) is 103 cm³/mol. The van der Waals surface area contributed by atoms with Gasteiger partial charge in [0.1, 0.15) is 5.82 Å². The van der Waals surface area contributed by atoms with Gasteiger partial charge in [-0.3, -0.25) is 5.10 Å². The smallest absolute Gasteiger partial charge is 0.154 e. The Morgan fingerprint density at radius 3 is 3.04 bits per heavy atom. The summed E-state index contributed by atoms with van der Waals surface area (Å²) in [7, 11) is 0. The van der Waals surface area contributed by atoms with Gasteiger partial charge >= 0.3 is 0 Å². The highest BCUT2D eigenvalue weighted by Crippen LogP contribution is 2.32. The van der Waals surface area contributed by atoms with Crippen molar-refractivity contribution in [3.8, 4) is 11.3 Å². The number of rotatable bonds is 3. The fraction of sp³-hybridized carbons (Fsp3) is 0.350. The van der Waals surface area contributed by atoms with E-state index < -0.39 is 0 Å². The lowest BCUT2D eigenvalue weighted by atomic mass is 10.1. The lowest BCUT2D eigenvalue weighted by molar-refractivity contribution is 0.0988. The summed E-state index contributed by atoms with van der Waals surface area (Å²) in [5, 5.41) is 13.6. The summed E-state index contributed by atoms with van der Waals surface area (Å²) in [6.07, 6.45) is 4.26. The zero-order valence-electron chi connectivity index (χ0n) is 15.1. The number of benzene rings is 1.